The molecule has 4 rings (SSSR count). The Morgan fingerprint density at radius 2 is 1.29 bits per heavy atom. The molecule has 4 aliphatic rings. The molecule has 0 amide bonds. The topological polar surface area (TPSA) is 88.5 Å². The minimum Gasteiger partial charge on any atom is -0.285 e. The first-order valence-corrected chi connectivity index (χ1v) is 10.8. The van der Waals surface area contributed by atoms with E-state index in [0.29, 0.717) is 37.0 Å². The van der Waals surface area contributed by atoms with Gasteiger partial charge in [0.1, 0.15) is 0 Å². The molecule has 1 unspecified atom stereocenters. The highest BCUT2D eigenvalue weighted by Gasteiger charge is 2.61. The monoisotopic (exact) mass is 336 g/mol. The lowest BCUT2D eigenvalue weighted by molar-refractivity contribution is 0.0335. The third kappa shape index (κ3) is 2.36. The van der Waals surface area contributed by atoms with Gasteiger partial charge in [-0.15, -0.1) is 0 Å². The quantitative estimate of drug-likeness (QED) is 0.795. The van der Waals surface area contributed by atoms with E-state index in [-0.39, 0.29) is 0 Å². The Morgan fingerprint density at radius 3 is 1.57 bits per heavy atom. The SMILES string of the molecule is CC(C)C(S(=O)(=O)O)S(=O)(=O)C12CC3CC(CC(C3)C1)C2. The molecule has 7 heteroatoms. The van der Waals surface area contributed by atoms with E-state index in [1.54, 1.807) is 13.8 Å². The third-order valence-corrected chi connectivity index (χ3v) is 11.2. The average molecular weight is 336 g/mol. The highest BCUT2D eigenvalue weighted by Crippen LogP contribution is 2.59. The second kappa shape index (κ2) is 4.68. The van der Waals surface area contributed by atoms with E-state index in [0.717, 1.165) is 19.3 Å². The van der Waals surface area contributed by atoms with Crippen molar-refractivity contribution in [1.82, 2.24) is 0 Å². The molecule has 122 valence electrons. The van der Waals surface area contributed by atoms with Crippen LogP contribution in [0.1, 0.15) is 52.4 Å². The lowest BCUT2D eigenvalue weighted by atomic mass is 9.56. The first-order valence-electron chi connectivity index (χ1n) is 7.75. The van der Waals surface area contributed by atoms with E-state index in [1.807, 2.05) is 0 Å². The average Bonchev–Trinajstić information content (AvgIpc) is 2.22. The zero-order valence-electron chi connectivity index (χ0n) is 12.5. The molecule has 4 saturated carbocycles. The van der Waals surface area contributed by atoms with E-state index >= 15 is 0 Å². The van der Waals surface area contributed by atoms with Crippen molar-refractivity contribution < 1.29 is 21.4 Å². The second-order valence-corrected chi connectivity index (χ2v) is 12.1. The Balaban J connectivity index is 2.05. The lowest BCUT2D eigenvalue weighted by Crippen LogP contribution is -2.58. The van der Waals surface area contributed by atoms with Gasteiger partial charge in [0.05, 0.1) is 4.75 Å². The van der Waals surface area contributed by atoms with E-state index in [1.165, 1.54) is 0 Å². The predicted octanol–water partition coefficient (Wildman–Crippen LogP) is 2.24. The Kier molecular flexibility index (Phi) is 3.51. The highest BCUT2D eigenvalue weighted by atomic mass is 32.3. The normalized spacial score (nSPS) is 40.7. The van der Waals surface area contributed by atoms with Gasteiger partial charge in [0.15, 0.2) is 14.4 Å². The molecule has 1 N–H and O–H groups in total. The molecular formula is C14H24O5S2. The van der Waals surface area contributed by atoms with Gasteiger partial charge in [0, 0.05) is 0 Å². The summed E-state index contributed by atoms with van der Waals surface area (Å²) in [6, 6.07) is 0. The van der Waals surface area contributed by atoms with E-state index < -0.39 is 35.2 Å². The number of hydrogen-bond donors (Lipinski definition) is 1. The maximum atomic E-state index is 13.1. The Labute approximate surface area is 127 Å². The molecule has 0 aromatic heterocycles. The van der Waals surface area contributed by atoms with Gasteiger partial charge in [0.2, 0.25) is 0 Å². The summed E-state index contributed by atoms with van der Waals surface area (Å²) in [7, 11) is -8.52. The Bertz CT molecular complexity index is 597. The summed E-state index contributed by atoms with van der Waals surface area (Å²) in [5, 5.41) is 0. The van der Waals surface area contributed by atoms with Crippen LogP contribution in [0.4, 0.5) is 0 Å². The number of sulfone groups is 1. The molecule has 4 aliphatic carbocycles. The van der Waals surface area contributed by atoms with Crippen LogP contribution >= 0.6 is 0 Å². The van der Waals surface area contributed by atoms with Crippen LogP contribution in [0.3, 0.4) is 0 Å². The smallest absolute Gasteiger partial charge is 0.282 e. The molecule has 4 fully saturated rings. The van der Waals surface area contributed by atoms with Gasteiger partial charge in [-0.05, 0) is 62.2 Å². The third-order valence-electron chi connectivity index (χ3n) is 5.73. The van der Waals surface area contributed by atoms with E-state index in [2.05, 4.69) is 0 Å². The van der Waals surface area contributed by atoms with Crippen molar-refractivity contribution in [2.45, 2.75) is 61.7 Å². The molecule has 0 radical (unpaired) electrons. The zero-order chi connectivity index (χ0) is 15.6. The van der Waals surface area contributed by atoms with Crippen molar-refractivity contribution in [2.24, 2.45) is 23.7 Å². The standard InChI is InChI=1S/C14H24O5S2/c1-9(2)13(21(17,18)19)20(15,16)14-6-10-3-11(7-14)5-12(4-10)8-14/h9-13H,3-8H2,1-2H3,(H,17,18,19). The molecule has 4 bridgehead atoms. The van der Waals surface area contributed by atoms with Gasteiger partial charge < -0.3 is 0 Å². The first-order chi connectivity index (χ1) is 9.55. The van der Waals surface area contributed by atoms with Gasteiger partial charge in [-0.1, -0.05) is 13.8 Å². The van der Waals surface area contributed by atoms with Crippen LogP contribution in [-0.2, 0) is 20.0 Å². The van der Waals surface area contributed by atoms with Crippen molar-refractivity contribution in [1.29, 1.82) is 0 Å². The summed E-state index contributed by atoms with van der Waals surface area (Å²) in [6.07, 6.45) is 5.02. The molecule has 0 aliphatic heterocycles. The number of rotatable bonds is 4. The van der Waals surface area contributed by atoms with Gasteiger partial charge >= 0.3 is 0 Å². The summed E-state index contributed by atoms with van der Waals surface area (Å²) in [6.45, 7) is 3.10. The summed E-state index contributed by atoms with van der Waals surface area (Å²) in [5.41, 5.74) is 0. The summed E-state index contributed by atoms with van der Waals surface area (Å²) >= 11 is 0. The fraction of sp³-hybridized carbons (Fsp3) is 1.00. The maximum absolute atomic E-state index is 13.1. The first kappa shape index (κ1) is 15.7. The molecule has 5 nitrogen and oxygen atoms in total. The minimum absolute atomic E-state index is 0.417. The van der Waals surface area contributed by atoms with Crippen molar-refractivity contribution in [3.05, 3.63) is 0 Å². The predicted molar refractivity (Wildman–Crippen MR) is 80.0 cm³/mol. The Hall–Kier alpha value is -0.140. The van der Waals surface area contributed by atoms with Gasteiger partial charge in [-0.2, -0.15) is 8.42 Å². The van der Waals surface area contributed by atoms with Crippen molar-refractivity contribution in [3.63, 3.8) is 0 Å². The molecule has 0 spiro atoms. The summed E-state index contributed by atoms with van der Waals surface area (Å²) < 4.78 is 56.5. The Morgan fingerprint density at radius 1 is 0.905 bits per heavy atom. The van der Waals surface area contributed by atoms with Crippen LogP contribution in [0.25, 0.3) is 0 Å². The van der Waals surface area contributed by atoms with Crippen LogP contribution < -0.4 is 0 Å². The molecular weight excluding hydrogens is 312 g/mol. The summed E-state index contributed by atoms with van der Waals surface area (Å²) in [5.74, 6) is 0.610. The van der Waals surface area contributed by atoms with Crippen LogP contribution in [-0.4, -0.2) is 30.7 Å². The van der Waals surface area contributed by atoms with Crippen LogP contribution in [0.5, 0.6) is 0 Å². The zero-order valence-corrected chi connectivity index (χ0v) is 14.2. The van der Waals surface area contributed by atoms with Gasteiger partial charge in [-0.25, -0.2) is 8.42 Å². The fourth-order valence-electron chi connectivity index (χ4n) is 5.49. The van der Waals surface area contributed by atoms with Gasteiger partial charge in [0.25, 0.3) is 10.1 Å². The molecule has 0 aromatic rings. The molecule has 0 heterocycles. The highest BCUT2D eigenvalue weighted by molar-refractivity contribution is 8.07. The molecule has 0 aromatic carbocycles. The lowest BCUT2D eigenvalue weighted by Gasteiger charge is -2.56. The van der Waals surface area contributed by atoms with E-state index in [4.69, 9.17) is 0 Å². The molecule has 0 saturated heterocycles. The fourth-order valence-corrected chi connectivity index (χ4v) is 10.7. The largest absolute Gasteiger partial charge is 0.285 e. The van der Waals surface area contributed by atoms with Crippen LogP contribution in [0.15, 0.2) is 0 Å². The maximum Gasteiger partial charge on any atom is 0.282 e. The minimum atomic E-state index is -4.60. The van der Waals surface area contributed by atoms with Crippen molar-refractivity contribution in [2.75, 3.05) is 0 Å². The van der Waals surface area contributed by atoms with Crippen LogP contribution in [0, 0.1) is 23.7 Å². The second-order valence-electron chi connectivity index (χ2n) is 7.77. The molecule has 1 atom stereocenters. The van der Waals surface area contributed by atoms with Crippen molar-refractivity contribution in [3.8, 4) is 0 Å². The van der Waals surface area contributed by atoms with E-state index in [9.17, 15) is 21.4 Å². The van der Waals surface area contributed by atoms with Crippen LogP contribution in [0.2, 0.25) is 0 Å². The van der Waals surface area contributed by atoms with Crippen molar-refractivity contribution >= 4 is 20.0 Å². The molecule has 21 heavy (non-hydrogen) atoms. The summed E-state index contributed by atoms with van der Waals surface area (Å²) in [4.78, 5) is 0. The van der Waals surface area contributed by atoms with Gasteiger partial charge in [-0.3, -0.25) is 4.55 Å². The number of hydrogen-bond acceptors (Lipinski definition) is 4.